The van der Waals surface area contributed by atoms with E-state index in [1.54, 1.807) is 0 Å². The van der Waals surface area contributed by atoms with Crippen molar-refractivity contribution in [1.29, 1.82) is 0 Å². The number of hydrogen-bond donors (Lipinski definition) is 2. The van der Waals surface area contributed by atoms with Gasteiger partial charge in [-0.25, -0.2) is 4.79 Å². The lowest BCUT2D eigenvalue weighted by atomic mass is 10.0. The van der Waals surface area contributed by atoms with Crippen molar-refractivity contribution < 1.29 is 14.7 Å². The lowest BCUT2D eigenvalue weighted by Crippen LogP contribution is -2.42. The molecule has 2 atom stereocenters. The SMILES string of the molecule is CCCCCC(C)NC(=O)N1CCC(CCC(=O)O)C1. The molecular formula is C15H28N2O3. The molecule has 0 aliphatic carbocycles. The minimum absolute atomic E-state index is 0.00632. The molecule has 0 saturated carbocycles. The van der Waals surface area contributed by atoms with Crippen LogP contribution in [0.4, 0.5) is 4.79 Å². The third-order valence-electron chi connectivity index (χ3n) is 3.95. The molecule has 2 amide bonds. The van der Waals surface area contributed by atoms with Crippen LogP contribution in [-0.4, -0.2) is 41.1 Å². The quantitative estimate of drug-likeness (QED) is 0.673. The smallest absolute Gasteiger partial charge is 0.317 e. The fraction of sp³-hybridized carbons (Fsp3) is 0.867. The van der Waals surface area contributed by atoms with E-state index in [-0.39, 0.29) is 18.5 Å². The fourth-order valence-corrected chi connectivity index (χ4v) is 2.66. The van der Waals surface area contributed by atoms with Crippen LogP contribution in [0.5, 0.6) is 0 Å². The third-order valence-corrected chi connectivity index (χ3v) is 3.95. The maximum absolute atomic E-state index is 12.1. The number of carboxylic acid groups (broad SMARTS) is 1. The van der Waals surface area contributed by atoms with Gasteiger partial charge in [-0.3, -0.25) is 4.79 Å². The predicted octanol–water partition coefficient (Wildman–Crippen LogP) is 2.85. The van der Waals surface area contributed by atoms with E-state index in [9.17, 15) is 9.59 Å². The molecule has 1 rings (SSSR count). The van der Waals surface area contributed by atoms with Crippen LogP contribution in [0.3, 0.4) is 0 Å². The summed E-state index contributed by atoms with van der Waals surface area (Å²) in [4.78, 5) is 24.4. The summed E-state index contributed by atoms with van der Waals surface area (Å²) < 4.78 is 0. The molecule has 5 heteroatoms. The van der Waals surface area contributed by atoms with Crippen LogP contribution < -0.4 is 5.32 Å². The second kappa shape index (κ2) is 8.82. The average Bonchev–Trinajstić information content (AvgIpc) is 2.85. The topological polar surface area (TPSA) is 69.6 Å². The monoisotopic (exact) mass is 284 g/mol. The zero-order valence-electron chi connectivity index (χ0n) is 12.7. The number of nitrogens with zero attached hydrogens (tertiary/aromatic N) is 1. The number of unbranched alkanes of at least 4 members (excludes halogenated alkanes) is 2. The van der Waals surface area contributed by atoms with Gasteiger partial charge in [0.1, 0.15) is 0 Å². The first kappa shape index (κ1) is 16.8. The Morgan fingerprint density at radius 1 is 1.40 bits per heavy atom. The first-order valence-electron chi connectivity index (χ1n) is 7.80. The minimum Gasteiger partial charge on any atom is -0.481 e. The van der Waals surface area contributed by atoms with E-state index < -0.39 is 5.97 Å². The zero-order chi connectivity index (χ0) is 15.0. The second-order valence-corrected chi connectivity index (χ2v) is 5.88. The van der Waals surface area contributed by atoms with Gasteiger partial charge in [-0.05, 0) is 32.1 Å². The van der Waals surface area contributed by atoms with Gasteiger partial charge in [0.2, 0.25) is 0 Å². The fourth-order valence-electron chi connectivity index (χ4n) is 2.66. The molecular weight excluding hydrogens is 256 g/mol. The van der Waals surface area contributed by atoms with E-state index in [1.165, 1.54) is 12.8 Å². The summed E-state index contributed by atoms with van der Waals surface area (Å²) in [5.74, 6) is -0.412. The van der Waals surface area contributed by atoms with Crippen molar-refractivity contribution in [3.8, 4) is 0 Å². The molecule has 1 aliphatic rings. The minimum atomic E-state index is -0.752. The van der Waals surface area contributed by atoms with Gasteiger partial charge in [0, 0.05) is 25.6 Å². The highest BCUT2D eigenvalue weighted by atomic mass is 16.4. The number of carbonyl (C=O) groups is 2. The van der Waals surface area contributed by atoms with Gasteiger partial charge in [-0.1, -0.05) is 26.2 Å². The second-order valence-electron chi connectivity index (χ2n) is 5.88. The molecule has 0 spiro atoms. The van der Waals surface area contributed by atoms with E-state index >= 15 is 0 Å². The molecule has 5 nitrogen and oxygen atoms in total. The van der Waals surface area contributed by atoms with Gasteiger partial charge in [0.15, 0.2) is 0 Å². The van der Waals surface area contributed by atoms with Crippen molar-refractivity contribution in [2.45, 2.75) is 64.8 Å². The normalized spacial score (nSPS) is 19.9. The standard InChI is InChI=1S/C15H28N2O3/c1-3-4-5-6-12(2)16-15(20)17-10-9-13(11-17)7-8-14(18)19/h12-13H,3-11H2,1-2H3,(H,16,20)(H,18,19). The molecule has 0 radical (unpaired) electrons. The summed E-state index contributed by atoms with van der Waals surface area (Å²) in [7, 11) is 0. The van der Waals surface area contributed by atoms with Crippen LogP contribution in [0, 0.1) is 5.92 Å². The number of carbonyl (C=O) groups excluding carboxylic acids is 1. The Morgan fingerprint density at radius 3 is 2.80 bits per heavy atom. The Morgan fingerprint density at radius 2 is 2.15 bits per heavy atom. The molecule has 1 aliphatic heterocycles. The van der Waals surface area contributed by atoms with Gasteiger partial charge in [0.25, 0.3) is 0 Å². The van der Waals surface area contributed by atoms with Crippen LogP contribution in [0.25, 0.3) is 0 Å². The van der Waals surface area contributed by atoms with Gasteiger partial charge >= 0.3 is 12.0 Å². The molecule has 116 valence electrons. The van der Waals surface area contributed by atoms with E-state index in [0.717, 1.165) is 25.8 Å². The first-order chi connectivity index (χ1) is 9.52. The van der Waals surface area contributed by atoms with Crippen molar-refractivity contribution in [1.82, 2.24) is 10.2 Å². The van der Waals surface area contributed by atoms with Crippen LogP contribution >= 0.6 is 0 Å². The van der Waals surface area contributed by atoms with Crippen molar-refractivity contribution >= 4 is 12.0 Å². The largest absolute Gasteiger partial charge is 0.481 e. The summed E-state index contributed by atoms with van der Waals surface area (Å²) in [6, 6.07) is 0.221. The molecule has 2 unspecified atom stereocenters. The number of hydrogen-bond acceptors (Lipinski definition) is 2. The molecule has 1 heterocycles. The highest BCUT2D eigenvalue weighted by molar-refractivity contribution is 5.74. The van der Waals surface area contributed by atoms with Crippen LogP contribution in [0.2, 0.25) is 0 Å². The van der Waals surface area contributed by atoms with Crippen LogP contribution in [0.15, 0.2) is 0 Å². The number of carboxylic acids is 1. The molecule has 0 aromatic rings. The lowest BCUT2D eigenvalue weighted by molar-refractivity contribution is -0.137. The average molecular weight is 284 g/mol. The Kier molecular flexibility index (Phi) is 7.41. The molecule has 2 N–H and O–H groups in total. The molecule has 0 aromatic heterocycles. The lowest BCUT2D eigenvalue weighted by Gasteiger charge is -2.21. The number of urea groups is 1. The molecule has 0 aromatic carbocycles. The predicted molar refractivity (Wildman–Crippen MR) is 78.7 cm³/mol. The maximum Gasteiger partial charge on any atom is 0.317 e. The van der Waals surface area contributed by atoms with Gasteiger partial charge in [0.05, 0.1) is 0 Å². The van der Waals surface area contributed by atoms with E-state index in [1.807, 2.05) is 11.8 Å². The Labute approximate surface area is 121 Å². The summed E-state index contributed by atoms with van der Waals surface area (Å²) >= 11 is 0. The maximum atomic E-state index is 12.1. The van der Waals surface area contributed by atoms with Crippen LogP contribution in [0.1, 0.15) is 58.8 Å². The summed E-state index contributed by atoms with van der Waals surface area (Å²) in [5, 5.41) is 11.7. The van der Waals surface area contributed by atoms with Crippen molar-refractivity contribution in [3.05, 3.63) is 0 Å². The van der Waals surface area contributed by atoms with Crippen molar-refractivity contribution in [2.24, 2.45) is 5.92 Å². The first-order valence-corrected chi connectivity index (χ1v) is 7.80. The molecule has 20 heavy (non-hydrogen) atoms. The Hall–Kier alpha value is -1.26. The van der Waals surface area contributed by atoms with Gasteiger partial charge in [-0.15, -0.1) is 0 Å². The summed E-state index contributed by atoms with van der Waals surface area (Å²) in [6.45, 7) is 5.66. The molecule has 1 fully saturated rings. The third kappa shape index (κ3) is 6.26. The number of likely N-dealkylation sites (tertiary alicyclic amines) is 1. The number of amides is 2. The van der Waals surface area contributed by atoms with E-state index in [2.05, 4.69) is 12.2 Å². The Balaban J connectivity index is 2.22. The zero-order valence-corrected chi connectivity index (χ0v) is 12.7. The number of rotatable bonds is 8. The van der Waals surface area contributed by atoms with Gasteiger partial charge < -0.3 is 15.3 Å². The molecule has 0 bridgehead atoms. The van der Waals surface area contributed by atoms with Gasteiger partial charge in [-0.2, -0.15) is 0 Å². The van der Waals surface area contributed by atoms with E-state index in [0.29, 0.717) is 18.9 Å². The van der Waals surface area contributed by atoms with E-state index in [4.69, 9.17) is 5.11 Å². The highest BCUT2D eigenvalue weighted by Gasteiger charge is 2.26. The Bertz CT molecular complexity index is 320. The summed E-state index contributed by atoms with van der Waals surface area (Å²) in [6.07, 6.45) is 6.37. The summed E-state index contributed by atoms with van der Waals surface area (Å²) in [5.41, 5.74) is 0. The van der Waals surface area contributed by atoms with Crippen molar-refractivity contribution in [2.75, 3.05) is 13.1 Å². The number of aliphatic carboxylic acids is 1. The highest BCUT2D eigenvalue weighted by Crippen LogP contribution is 2.21. The molecule has 1 saturated heterocycles. The van der Waals surface area contributed by atoms with Crippen LogP contribution in [-0.2, 0) is 4.79 Å². The number of nitrogens with one attached hydrogen (secondary N) is 1. The van der Waals surface area contributed by atoms with Crippen molar-refractivity contribution in [3.63, 3.8) is 0 Å².